The molecule has 1 aliphatic heterocycles. The van der Waals surface area contributed by atoms with Crippen LogP contribution in [0.2, 0.25) is 0 Å². The number of hydrogen-bond donors (Lipinski definition) is 4. The molecule has 1 atom stereocenters. The zero-order chi connectivity index (χ0) is 29.7. The number of hydrogen-bond acceptors (Lipinski definition) is 8. The zero-order valence-corrected chi connectivity index (χ0v) is 23.8. The summed E-state index contributed by atoms with van der Waals surface area (Å²) < 4.78 is 12.3. The van der Waals surface area contributed by atoms with Gasteiger partial charge in [0.25, 0.3) is 11.8 Å². The summed E-state index contributed by atoms with van der Waals surface area (Å²) in [5.41, 5.74) is 13.9. The second-order valence-corrected chi connectivity index (χ2v) is 10.8. The number of nitrogens with zero attached hydrogens (tertiary/aromatic N) is 3. The molecule has 0 spiro atoms. The first-order chi connectivity index (χ1) is 19.5. The molecule has 12 heteroatoms. The molecule has 3 amide bonds. The van der Waals surface area contributed by atoms with Crippen molar-refractivity contribution in [2.24, 2.45) is 5.73 Å². The number of nitrogens with one attached hydrogen (secondary N) is 2. The Morgan fingerprint density at radius 2 is 1.83 bits per heavy atom. The Kier molecular flexibility index (Phi) is 8.82. The Hall–Kier alpha value is -4.58. The normalized spacial score (nSPS) is 15.3. The average molecular weight is 564 g/mol. The number of methoxy groups -OCH3 is 1. The monoisotopic (exact) mass is 563 g/mol. The molecule has 218 valence electrons. The highest BCUT2D eigenvalue weighted by Gasteiger charge is 2.29. The lowest BCUT2D eigenvalue weighted by Gasteiger charge is -2.34. The van der Waals surface area contributed by atoms with Crippen molar-refractivity contribution in [1.82, 2.24) is 25.3 Å². The van der Waals surface area contributed by atoms with Crippen molar-refractivity contribution in [2.45, 2.75) is 45.5 Å². The van der Waals surface area contributed by atoms with Crippen LogP contribution in [0.3, 0.4) is 0 Å². The van der Waals surface area contributed by atoms with E-state index in [1.54, 1.807) is 41.3 Å². The number of amides is 3. The molecule has 4 rings (SSSR count). The number of piperazine rings is 1. The summed E-state index contributed by atoms with van der Waals surface area (Å²) >= 11 is 0. The highest BCUT2D eigenvalue weighted by molar-refractivity contribution is 6.03. The topological polar surface area (TPSA) is 167 Å². The van der Waals surface area contributed by atoms with Crippen LogP contribution in [0.4, 0.5) is 10.6 Å². The summed E-state index contributed by atoms with van der Waals surface area (Å²) in [4.78, 5) is 39.2. The van der Waals surface area contributed by atoms with Gasteiger partial charge in [0, 0.05) is 37.8 Å². The molecule has 1 saturated heterocycles. The molecule has 1 fully saturated rings. The SMILES string of the molecule is COc1ccccc1C(=O)NCc1ccc(-c2nn(C[C@@H]3CN(C(=O)OC(C)(C)C)CCN3)c(N)c2C(N)=O)cc1. The van der Waals surface area contributed by atoms with E-state index in [0.717, 1.165) is 5.56 Å². The number of carbonyl (C=O) groups is 3. The third-order valence-corrected chi connectivity index (χ3v) is 6.57. The van der Waals surface area contributed by atoms with Crippen molar-refractivity contribution in [2.75, 3.05) is 32.5 Å². The van der Waals surface area contributed by atoms with Gasteiger partial charge in [-0.15, -0.1) is 0 Å². The van der Waals surface area contributed by atoms with Crippen molar-refractivity contribution >= 4 is 23.7 Å². The van der Waals surface area contributed by atoms with Gasteiger partial charge in [-0.2, -0.15) is 5.10 Å². The Balaban J connectivity index is 1.46. The molecule has 1 aromatic heterocycles. The van der Waals surface area contributed by atoms with Crippen LogP contribution in [0.1, 0.15) is 47.1 Å². The summed E-state index contributed by atoms with van der Waals surface area (Å²) in [6.07, 6.45) is -0.380. The van der Waals surface area contributed by atoms with Gasteiger partial charge < -0.3 is 36.5 Å². The quantitative estimate of drug-likeness (QED) is 0.324. The molecule has 0 unspecified atom stereocenters. The number of nitrogen functional groups attached to an aromatic ring is 1. The van der Waals surface area contributed by atoms with Gasteiger partial charge in [0.2, 0.25) is 0 Å². The van der Waals surface area contributed by atoms with Crippen molar-refractivity contribution in [3.05, 3.63) is 65.2 Å². The number of primary amides is 1. The summed E-state index contributed by atoms with van der Waals surface area (Å²) in [6.45, 7) is 7.58. The van der Waals surface area contributed by atoms with Crippen LogP contribution >= 0.6 is 0 Å². The molecule has 3 aromatic rings. The Morgan fingerprint density at radius 3 is 2.49 bits per heavy atom. The van der Waals surface area contributed by atoms with Crippen molar-refractivity contribution in [1.29, 1.82) is 0 Å². The van der Waals surface area contributed by atoms with E-state index in [9.17, 15) is 14.4 Å². The van der Waals surface area contributed by atoms with Gasteiger partial charge in [0.05, 0.1) is 19.2 Å². The van der Waals surface area contributed by atoms with Gasteiger partial charge in [-0.3, -0.25) is 9.59 Å². The first kappa shape index (κ1) is 29.4. The van der Waals surface area contributed by atoms with Gasteiger partial charge in [-0.05, 0) is 38.5 Å². The average Bonchev–Trinajstić information content (AvgIpc) is 3.26. The van der Waals surface area contributed by atoms with E-state index in [4.69, 9.17) is 20.9 Å². The van der Waals surface area contributed by atoms with Crippen LogP contribution in [0.25, 0.3) is 11.3 Å². The predicted octanol–water partition coefficient (Wildman–Crippen LogP) is 2.38. The molecule has 0 bridgehead atoms. The third kappa shape index (κ3) is 7.14. The molecule has 1 aliphatic rings. The molecule has 41 heavy (non-hydrogen) atoms. The number of carbonyl (C=O) groups excluding carboxylic acids is 3. The van der Waals surface area contributed by atoms with Crippen LogP contribution in [-0.2, 0) is 17.8 Å². The van der Waals surface area contributed by atoms with Crippen molar-refractivity contribution in [3.8, 4) is 17.0 Å². The molecule has 12 nitrogen and oxygen atoms in total. The smallest absolute Gasteiger partial charge is 0.410 e. The van der Waals surface area contributed by atoms with E-state index in [0.29, 0.717) is 48.7 Å². The Labute approximate surface area is 239 Å². The number of rotatable bonds is 8. The van der Waals surface area contributed by atoms with Crippen LogP contribution in [0.15, 0.2) is 48.5 Å². The zero-order valence-electron chi connectivity index (χ0n) is 23.8. The first-order valence-corrected chi connectivity index (χ1v) is 13.3. The molecule has 6 N–H and O–H groups in total. The van der Waals surface area contributed by atoms with Gasteiger partial charge in [0.1, 0.15) is 28.4 Å². The number of aromatic nitrogens is 2. The highest BCUT2D eigenvalue weighted by atomic mass is 16.6. The molecule has 2 heterocycles. The summed E-state index contributed by atoms with van der Waals surface area (Å²) in [5.74, 6) is -0.301. The largest absolute Gasteiger partial charge is 0.496 e. The molecular weight excluding hydrogens is 526 g/mol. The number of nitrogens with two attached hydrogens (primary N) is 2. The van der Waals surface area contributed by atoms with E-state index in [-0.39, 0.29) is 36.0 Å². The number of para-hydroxylation sites is 1. The van der Waals surface area contributed by atoms with Gasteiger partial charge in [0.15, 0.2) is 0 Å². The van der Waals surface area contributed by atoms with Crippen LogP contribution in [0, 0.1) is 0 Å². The fourth-order valence-electron chi connectivity index (χ4n) is 4.60. The maximum Gasteiger partial charge on any atom is 0.410 e. The van der Waals surface area contributed by atoms with E-state index in [1.165, 1.54) is 11.8 Å². The molecular formula is C29H37N7O5. The van der Waals surface area contributed by atoms with E-state index in [2.05, 4.69) is 15.7 Å². The van der Waals surface area contributed by atoms with E-state index in [1.807, 2.05) is 32.9 Å². The minimum absolute atomic E-state index is 0.127. The standard InChI is InChI=1S/C29H37N7O5/c1-29(2,3)41-28(39)35-14-13-32-20(16-35)17-36-25(30)23(26(31)37)24(34-36)19-11-9-18(10-12-19)15-33-27(38)21-7-5-6-8-22(21)40-4/h5-12,20,32H,13-17,30H2,1-4H3,(H2,31,37)(H,33,38)/t20-/m0/s1. The molecule has 0 saturated carbocycles. The molecule has 0 radical (unpaired) electrons. The lowest BCUT2D eigenvalue weighted by molar-refractivity contribution is 0.0188. The minimum atomic E-state index is -0.691. The van der Waals surface area contributed by atoms with Crippen LogP contribution in [-0.4, -0.2) is 71.0 Å². The lowest BCUT2D eigenvalue weighted by Crippen LogP contribution is -2.55. The maximum absolute atomic E-state index is 12.6. The molecule has 0 aliphatic carbocycles. The van der Waals surface area contributed by atoms with Crippen LogP contribution in [0.5, 0.6) is 5.75 Å². The van der Waals surface area contributed by atoms with E-state index >= 15 is 0 Å². The predicted molar refractivity (Wildman–Crippen MR) is 154 cm³/mol. The third-order valence-electron chi connectivity index (χ3n) is 6.57. The van der Waals surface area contributed by atoms with Crippen LogP contribution < -0.4 is 26.8 Å². The highest BCUT2D eigenvalue weighted by Crippen LogP contribution is 2.28. The van der Waals surface area contributed by atoms with Crippen molar-refractivity contribution < 1.29 is 23.9 Å². The summed E-state index contributed by atoms with van der Waals surface area (Å²) in [5, 5.41) is 10.9. The number of anilines is 1. The Bertz CT molecular complexity index is 1410. The lowest BCUT2D eigenvalue weighted by atomic mass is 10.0. The van der Waals surface area contributed by atoms with Gasteiger partial charge in [-0.25, -0.2) is 9.48 Å². The van der Waals surface area contributed by atoms with Crippen molar-refractivity contribution in [3.63, 3.8) is 0 Å². The summed E-state index contributed by atoms with van der Waals surface area (Å²) in [7, 11) is 1.52. The van der Waals surface area contributed by atoms with Gasteiger partial charge in [-0.1, -0.05) is 36.4 Å². The first-order valence-electron chi connectivity index (χ1n) is 13.3. The minimum Gasteiger partial charge on any atom is -0.496 e. The fourth-order valence-corrected chi connectivity index (χ4v) is 4.60. The maximum atomic E-state index is 12.6. The number of ether oxygens (including phenoxy) is 2. The molecule has 2 aromatic carbocycles. The second kappa shape index (κ2) is 12.3. The number of benzene rings is 2. The van der Waals surface area contributed by atoms with Gasteiger partial charge >= 0.3 is 6.09 Å². The second-order valence-electron chi connectivity index (χ2n) is 10.8. The summed E-state index contributed by atoms with van der Waals surface area (Å²) in [6, 6.07) is 14.1. The Morgan fingerprint density at radius 1 is 1.12 bits per heavy atom. The van der Waals surface area contributed by atoms with E-state index < -0.39 is 11.5 Å². The fraction of sp³-hybridized carbons (Fsp3) is 0.379.